The molecule has 1 unspecified atom stereocenters. The van der Waals surface area contributed by atoms with Crippen molar-refractivity contribution in [1.82, 2.24) is 0 Å². The van der Waals surface area contributed by atoms with Crippen LogP contribution in [-0.4, -0.2) is 34.6 Å². The van der Waals surface area contributed by atoms with Crippen molar-refractivity contribution in [1.29, 1.82) is 0 Å². The van der Waals surface area contributed by atoms with Crippen molar-refractivity contribution in [2.24, 2.45) is 0 Å². The molecule has 4 atom stereocenters. The van der Waals surface area contributed by atoms with E-state index < -0.39 is 12.2 Å². The lowest BCUT2D eigenvalue weighted by Gasteiger charge is -2.13. The van der Waals surface area contributed by atoms with E-state index in [-0.39, 0.29) is 12.2 Å². The summed E-state index contributed by atoms with van der Waals surface area (Å²) in [6.07, 6.45) is 3.10. The Morgan fingerprint density at radius 2 is 1.64 bits per heavy atom. The molecule has 0 saturated carbocycles. The topological polar surface area (TPSA) is 53.0 Å². The summed E-state index contributed by atoms with van der Waals surface area (Å²) in [5.41, 5.74) is 0. The number of hydrogen-bond donors (Lipinski definition) is 2. The summed E-state index contributed by atoms with van der Waals surface area (Å²) in [6, 6.07) is 0. The second kappa shape index (κ2) is 6.98. The van der Waals surface area contributed by atoms with Gasteiger partial charge in [0.1, 0.15) is 24.4 Å². The van der Waals surface area contributed by atoms with E-state index in [1.54, 1.807) is 12.2 Å². The zero-order chi connectivity index (χ0) is 11.1. The normalized spacial score (nSPS) is 37.0. The van der Waals surface area contributed by atoms with Crippen LogP contribution in [0.3, 0.4) is 0 Å². The van der Waals surface area contributed by atoms with E-state index >= 15 is 0 Å². The van der Waals surface area contributed by atoms with Crippen LogP contribution in [0.4, 0.5) is 0 Å². The van der Waals surface area contributed by atoms with Crippen molar-refractivity contribution < 1.29 is 14.9 Å². The third kappa shape index (κ3) is 3.78. The number of aliphatic hydroxyl groups is 2. The molecule has 0 amide bonds. The van der Waals surface area contributed by atoms with Gasteiger partial charge in [0, 0.05) is 0 Å². The first-order chi connectivity index (χ1) is 6.70. The molecule has 3 nitrogen and oxygen atoms in total. The second-order valence-corrected chi connectivity index (χ2v) is 3.14. The first-order valence-electron chi connectivity index (χ1n) is 5.40. The van der Waals surface area contributed by atoms with Crippen LogP contribution >= 0.6 is 0 Å². The zero-order valence-electron chi connectivity index (χ0n) is 9.47. The van der Waals surface area contributed by atoms with Crippen LogP contribution in [0.5, 0.6) is 0 Å². The lowest BCUT2D eigenvalue weighted by molar-refractivity contribution is 0.0288. The minimum absolute atomic E-state index is 0.0726. The molecular weight excluding hydrogens is 180 g/mol. The monoisotopic (exact) mass is 202 g/mol. The van der Waals surface area contributed by atoms with Crippen molar-refractivity contribution in [3.63, 3.8) is 0 Å². The summed E-state index contributed by atoms with van der Waals surface area (Å²) in [5.74, 6) is 0. The average molecular weight is 202 g/mol. The average Bonchev–Trinajstić information content (AvgIpc) is 2.96. The van der Waals surface area contributed by atoms with Crippen LogP contribution in [0.25, 0.3) is 0 Å². The van der Waals surface area contributed by atoms with Gasteiger partial charge < -0.3 is 14.9 Å². The number of aliphatic hydroxyl groups excluding tert-OH is 2. The number of rotatable bonds is 0. The molecule has 0 aromatic carbocycles. The van der Waals surface area contributed by atoms with Crippen LogP contribution in [0.1, 0.15) is 34.1 Å². The molecule has 1 aliphatic carbocycles. The van der Waals surface area contributed by atoms with E-state index in [4.69, 9.17) is 14.9 Å². The fourth-order valence-corrected chi connectivity index (χ4v) is 1.10. The minimum Gasteiger partial charge on any atom is -0.387 e. The van der Waals surface area contributed by atoms with Gasteiger partial charge in [0.15, 0.2) is 0 Å². The zero-order valence-corrected chi connectivity index (χ0v) is 9.47. The van der Waals surface area contributed by atoms with Crippen LogP contribution in [0.15, 0.2) is 12.2 Å². The molecule has 2 aliphatic rings. The molecule has 2 N–H and O–H groups in total. The van der Waals surface area contributed by atoms with Crippen molar-refractivity contribution >= 4 is 0 Å². The summed E-state index contributed by atoms with van der Waals surface area (Å²) in [5, 5.41) is 18.0. The molecule has 0 bridgehead atoms. The first kappa shape index (κ1) is 13.6. The van der Waals surface area contributed by atoms with E-state index in [0.717, 1.165) is 0 Å². The van der Waals surface area contributed by atoms with Crippen LogP contribution < -0.4 is 0 Å². The highest BCUT2D eigenvalue weighted by Crippen LogP contribution is 2.31. The van der Waals surface area contributed by atoms with Gasteiger partial charge >= 0.3 is 0 Å². The van der Waals surface area contributed by atoms with E-state index in [0.29, 0.717) is 0 Å². The molecule has 14 heavy (non-hydrogen) atoms. The van der Waals surface area contributed by atoms with Crippen LogP contribution in [0.2, 0.25) is 0 Å². The summed E-state index contributed by atoms with van der Waals surface area (Å²) >= 11 is 0. The van der Waals surface area contributed by atoms with Gasteiger partial charge in [-0.2, -0.15) is 0 Å². The molecular formula is C11H22O3. The molecule has 1 heterocycles. The number of epoxide rings is 1. The number of ether oxygens (including phenoxy) is 1. The van der Waals surface area contributed by atoms with E-state index in [1.165, 1.54) is 6.42 Å². The summed E-state index contributed by atoms with van der Waals surface area (Å²) in [4.78, 5) is 0. The van der Waals surface area contributed by atoms with Gasteiger partial charge in [0.2, 0.25) is 0 Å². The Morgan fingerprint density at radius 1 is 1.14 bits per heavy atom. The van der Waals surface area contributed by atoms with E-state index in [9.17, 15) is 0 Å². The standard InChI is InChI=1S/C6H8O3.C3H8.C2H6/c7-3-1-2-4-6(9-4)5(3)8;1-3-2;1-2/h1-8H;3H2,1-2H3;1-2H3/t3-,4?,5-,6-;;/m1../s1. The minimum atomic E-state index is -0.728. The molecule has 84 valence electrons. The van der Waals surface area contributed by atoms with Gasteiger partial charge in [-0.3, -0.25) is 0 Å². The number of hydrogen-bond acceptors (Lipinski definition) is 3. The highest BCUT2D eigenvalue weighted by Gasteiger charge is 2.47. The van der Waals surface area contributed by atoms with Crippen molar-refractivity contribution in [2.45, 2.75) is 58.5 Å². The fourth-order valence-electron chi connectivity index (χ4n) is 1.10. The maximum Gasteiger partial charge on any atom is 0.117 e. The molecule has 1 aliphatic heterocycles. The molecule has 1 fully saturated rings. The van der Waals surface area contributed by atoms with Gasteiger partial charge in [-0.15, -0.1) is 0 Å². The lowest BCUT2D eigenvalue weighted by Crippen LogP contribution is -2.32. The van der Waals surface area contributed by atoms with Crippen molar-refractivity contribution in [2.75, 3.05) is 0 Å². The summed E-state index contributed by atoms with van der Waals surface area (Å²) in [6.45, 7) is 8.25. The smallest absolute Gasteiger partial charge is 0.117 e. The van der Waals surface area contributed by atoms with Crippen LogP contribution in [-0.2, 0) is 4.74 Å². The van der Waals surface area contributed by atoms with Gasteiger partial charge in [-0.25, -0.2) is 0 Å². The molecule has 0 radical (unpaired) electrons. The predicted octanol–water partition coefficient (Wildman–Crippen LogP) is 1.49. The quantitative estimate of drug-likeness (QED) is 0.462. The van der Waals surface area contributed by atoms with Gasteiger partial charge in [0.25, 0.3) is 0 Å². The first-order valence-corrected chi connectivity index (χ1v) is 5.40. The third-order valence-electron chi connectivity index (χ3n) is 1.75. The Hall–Kier alpha value is -0.380. The Labute approximate surface area is 86.4 Å². The molecule has 1 saturated heterocycles. The molecule has 3 heteroatoms. The summed E-state index contributed by atoms with van der Waals surface area (Å²) < 4.78 is 4.96. The Morgan fingerprint density at radius 3 is 2.07 bits per heavy atom. The SMILES string of the molecule is CC.CCC.O[C@@H]1[C@H](O)C=CC2O[C@H]21. The van der Waals surface area contributed by atoms with Gasteiger partial charge in [-0.1, -0.05) is 46.3 Å². The fraction of sp³-hybridized carbons (Fsp3) is 0.818. The lowest BCUT2D eigenvalue weighted by atomic mass is 10.0. The van der Waals surface area contributed by atoms with Gasteiger partial charge in [0.05, 0.1) is 0 Å². The van der Waals surface area contributed by atoms with Gasteiger partial charge in [-0.05, 0) is 0 Å². The molecule has 2 rings (SSSR count). The predicted molar refractivity (Wildman–Crippen MR) is 57.1 cm³/mol. The highest BCUT2D eigenvalue weighted by molar-refractivity contribution is 5.15. The Balaban J connectivity index is 0.000000294. The van der Waals surface area contributed by atoms with Crippen molar-refractivity contribution in [3.05, 3.63) is 12.2 Å². The van der Waals surface area contributed by atoms with Crippen molar-refractivity contribution in [3.8, 4) is 0 Å². The number of fused-ring (bicyclic) bond motifs is 1. The second-order valence-electron chi connectivity index (χ2n) is 3.14. The molecule has 0 spiro atoms. The van der Waals surface area contributed by atoms with E-state index in [2.05, 4.69) is 13.8 Å². The maximum absolute atomic E-state index is 9.06. The Bertz CT molecular complexity index is 168. The van der Waals surface area contributed by atoms with Crippen LogP contribution in [0, 0.1) is 0 Å². The highest BCUT2D eigenvalue weighted by atomic mass is 16.6. The Kier molecular flexibility index (Phi) is 6.79. The third-order valence-corrected chi connectivity index (χ3v) is 1.75. The molecule has 0 aromatic rings. The molecule has 0 aromatic heterocycles. The largest absolute Gasteiger partial charge is 0.387 e. The van der Waals surface area contributed by atoms with E-state index in [1.807, 2.05) is 13.8 Å². The summed E-state index contributed by atoms with van der Waals surface area (Å²) in [7, 11) is 0. The maximum atomic E-state index is 9.06.